The molecule has 1 rings (SSSR count). The molecule has 0 saturated carbocycles. The van der Waals surface area contributed by atoms with Crippen molar-refractivity contribution in [3.05, 3.63) is 12.0 Å². The molecule has 4 N–H and O–H groups in total. The van der Waals surface area contributed by atoms with Crippen LogP contribution in [-0.2, 0) is 0 Å². The summed E-state index contributed by atoms with van der Waals surface area (Å²) in [5.74, 6) is 0.681. The number of rotatable bonds is 3. The summed E-state index contributed by atoms with van der Waals surface area (Å²) in [7, 11) is 0. The number of nitrogens with one attached hydrogen (secondary N) is 2. The zero-order valence-electron chi connectivity index (χ0n) is 7.53. The van der Waals surface area contributed by atoms with E-state index < -0.39 is 5.91 Å². The molecule has 0 atom stereocenters. The van der Waals surface area contributed by atoms with Crippen molar-refractivity contribution in [2.24, 2.45) is 5.73 Å². The van der Waals surface area contributed by atoms with Crippen LogP contribution in [0, 0.1) is 0 Å². The van der Waals surface area contributed by atoms with Crippen molar-refractivity contribution >= 4 is 40.0 Å². The Morgan fingerprint density at radius 3 is 3.14 bits per heavy atom. The van der Waals surface area contributed by atoms with Gasteiger partial charge in [0, 0.05) is 0 Å². The van der Waals surface area contributed by atoms with E-state index in [2.05, 4.69) is 15.3 Å². The van der Waals surface area contributed by atoms with Gasteiger partial charge >= 0.3 is 0 Å². The van der Waals surface area contributed by atoms with Gasteiger partial charge in [-0.2, -0.15) is 0 Å². The number of aromatic amines is 1. The number of hydrogen-bond donors (Lipinski definition) is 3. The first-order valence-electron chi connectivity index (χ1n) is 3.92. The van der Waals surface area contributed by atoms with Crippen molar-refractivity contribution in [3.63, 3.8) is 0 Å². The zero-order chi connectivity index (χ0) is 10.6. The number of hydrogen-bond acceptors (Lipinski definition) is 4. The summed E-state index contributed by atoms with van der Waals surface area (Å²) in [6.07, 6.45) is 1.39. The summed E-state index contributed by atoms with van der Waals surface area (Å²) in [6, 6.07) is 0. The summed E-state index contributed by atoms with van der Waals surface area (Å²) in [6.45, 7) is 1.98. The number of carbonyl (C=O) groups excluding carboxylic acids is 1. The van der Waals surface area contributed by atoms with Crippen molar-refractivity contribution in [2.75, 3.05) is 11.1 Å². The summed E-state index contributed by atoms with van der Waals surface area (Å²) in [5, 5.41) is 2.82. The van der Waals surface area contributed by atoms with Gasteiger partial charge in [-0.25, -0.2) is 4.98 Å². The zero-order valence-corrected chi connectivity index (χ0v) is 9.17. The van der Waals surface area contributed by atoms with Crippen LogP contribution in [0.25, 0.3) is 0 Å². The second-order valence-corrected chi connectivity index (χ2v) is 4.28. The van der Waals surface area contributed by atoms with Crippen LogP contribution in [0.5, 0.6) is 0 Å². The molecule has 0 saturated heterocycles. The van der Waals surface area contributed by atoms with E-state index in [4.69, 9.17) is 18.0 Å². The largest absolute Gasteiger partial charge is 0.364 e. The van der Waals surface area contributed by atoms with Gasteiger partial charge < -0.3 is 16.0 Å². The van der Waals surface area contributed by atoms with Crippen LogP contribution in [0.4, 0.5) is 5.82 Å². The summed E-state index contributed by atoms with van der Waals surface area (Å²) < 4.78 is 0.571. The number of thiocarbonyl (C=S) groups is 1. The molecule has 0 fully saturated rings. The number of thioether (sulfide) groups is 1. The van der Waals surface area contributed by atoms with E-state index in [1.807, 2.05) is 6.92 Å². The molecule has 1 aromatic rings. The molecule has 0 unspecified atom stereocenters. The number of nitrogens with two attached hydrogens (primary N) is 1. The van der Waals surface area contributed by atoms with Crippen LogP contribution in [0.2, 0.25) is 0 Å². The molecule has 1 heterocycles. The van der Waals surface area contributed by atoms with E-state index >= 15 is 0 Å². The summed E-state index contributed by atoms with van der Waals surface area (Å²) in [5.41, 5.74) is 5.35. The highest BCUT2D eigenvalue weighted by atomic mass is 32.2. The van der Waals surface area contributed by atoms with Gasteiger partial charge in [0.25, 0.3) is 5.91 Å². The molecule has 0 aliphatic rings. The Labute approximate surface area is 90.9 Å². The summed E-state index contributed by atoms with van der Waals surface area (Å²) >= 11 is 6.46. The fourth-order valence-electron chi connectivity index (χ4n) is 0.841. The Kier molecular flexibility index (Phi) is 3.90. The Morgan fingerprint density at radius 1 is 1.86 bits per heavy atom. The lowest BCUT2D eigenvalue weighted by atomic mass is 10.4. The maximum Gasteiger partial charge on any atom is 0.269 e. The van der Waals surface area contributed by atoms with Gasteiger partial charge in [0.05, 0.1) is 6.33 Å². The van der Waals surface area contributed by atoms with E-state index in [9.17, 15) is 4.79 Å². The fraction of sp³-hybridized carbons (Fsp3) is 0.286. The predicted octanol–water partition coefficient (Wildman–Crippen LogP) is 0.958. The van der Waals surface area contributed by atoms with Gasteiger partial charge in [0.2, 0.25) is 0 Å². The lowest BCUT2D eigenvalue weighted by Gasteiger charge is -2.03. The molecule has 14 heavy (non-hydrogen) atoms. The van der Waals surface area contributed by atoms with Gasteiger partial charge in [-0.15, -0.1) is 0 Å². The molecule has 76 valence electrons. The van der Waals surface area contributed by atoms with E-state index in [-0.39, 0.29) is 5.69 Å². The minimum atomic E-state index is -0.561. The average Bonchev–Trinajstić information content (AvgIpc) is 2.52. The van der Waals surface area contributed by atoms with E-state index in [1.165, 1.54) is 18.1 Å². The Hall–Kier alpha value is -1.08. The lowest BCUT2D eigenvalue weighted by molar-refractivity contribution is 0.0997. The van der Waals surface area contributed by atoms with Gasteiger partial charge in [0.1, 0.15) is 10.0 Å². The Morgan fingerprint density at radius 2 is 2.57 bits per heavy atom. The van der Waals surface area contributed by atoms with Gasteiger partial charge in [-0.1, -0.05) is 30.9 Å². The first-order valence-corrected chi connectivity index (χ1v) is 5.31. The van der Waals surface area contributed by atoms with Crippen LogP contribution in [0.1, 0.15) is 17.4 Å². The van der Waals surface area contributed by atoms with Gasteiger partial charge in [-0.3, -0.25) is 4.79 Å². The number of primary amides is 1. The van der Waals surface area contributed by atoms with Crippen LogP contribution >= 0.6 is 24.0 Å². The third kappa shape index (κ3) is 2.71. The van der Waals surface area contributed by atoms with Gasteiger partial charge in [0.15, 0.2) is 5.82 Å². The average molecular weight is 230 g/mol. The number of aromatic nitrogens is 2. The SMILES string of the molecule is CCSC(=S)Nc1nc[nH]c1C(N)=O. The van der Waals surface area contributed by atoms with Crippen molar-refractivity contribution in [1.82, 2.24) is 9.97 Å². The van der Waals surface area contributed by atoms with Gasteiger partial charge in [-0.05, 0) is 5.75 Å². The fourth-order valence-corrected chi connectivity index (χ4v) is 1.72. The second kappa shape index (κ2) is 4.97. The molecular weight excluding hydrogens is 220 g/mol. The minimum Gasteiger partial charge on any atom is -0.364 e. The molecular formula is C7H10N4OS2. The van der Waals surface area contributed by atoms with E-state index in [0.717, 1.165) is 5.75 Å². The number of anilines is 1. The van der Waals surface area contributed by atoms with Crippen LogP contribution in [-0.4, -0.2) is 25.9 Å². The van der Waals surface area contributed by atoms with E-state index in [0.29, 0.717) is 10.1 Å². The lowest BCUT2D eigenvalue weighted by Crippen LogP contribution is -2.15. The molecule has 0 radical (unpaired) electrons. The van der Waals surface area contributed by atoms with Crippen LogP contribution < -0.4 is 11.1 Å². The number of amides is 1. The van der Waals surface area contributed by atoms with Crippen molar-refractivity contribution in [2.45, 2.75) is 6.92 Å². The quantitative estimate of drug-likeness (QED) is 0.674. The first kappa shape index (κ1) is 11.0. The van der Waals surface area contributed by atoms with Crippen LogP contribution in [0.15, 0.2) is 6.33 Å². The van der Waals surface area contributed by atoms with Crippen molar-refractivity contribution < 1.29 is 4.79 Å². The Bertz CT molecular complexity index is 349. The van der Waals surface area contributed by atoms with Crippen molar-refractivity contribution in [1.29, 1.82) is 0 Å². The topological polar surface area (TPSA) is 83.8 Å². The minimum absolute atomic E-state index is 0.240. The highest BCUT2D eigenvalue weighted by Gasteiger charge is 2.11. The number of nitrogens with zero attached hydrogens (tertiary/aromatic N) is 1. The summed E-state index contributed by atoms with van der Waals surface area (Å²) in [4.78, 5) is 17.4. The molecule has 0 bridgehead atoms. The first-order chi connectivity index (χ1) is 6.65. The molecule has 0 aromatic carbocycles. The molecule has 0 spiro atoms. The molecule has 0 aliphatic heterocycles. The normalized spacial score (nSPS) is 9.79. The maximum absolute atomic E-state index is 10.9. The smallest absolute Gasteiger partial charge is 0.269 e. The molecule has 5 nitrogen and oxygen atoms in total. The molecule has 0 aliphatic carbocycles. The highest BCUT2D eigenvalue weighted by molar-refractivity contribution is 8.23. The molecule has 1 amide bonds. The molecule has 7 heteroatoms. The van der Waals surface area contributed by atoms with Crippen molar-refractivity contribution in [3.8, 4) is 0 Å². The number of carbonyl (C=O) groups is 1. The second-order valence-electron chi connectivity index (χ2n) is 2.34. The predicted molar refractivity (Wildman–Crippen MR) is 61.5 cm³/mol. The third-order valence-electron chi connectivity index (χ3n) is 1.38. The standard InChI is InChI=1S/C7H10N4OS2/c1-2-14-7(13)11-6-4(5(8)12)9-3-10-6/h3H,2H2,1H3,(H2,8,12)(H,9,10)(H,11,13). The molecule has 1 aromatic heterocycles. The van der Waals surface area contributed by atoms with E-state index in [1.54, 1.807) is 0 Å². The maximum atomic E-state index is 10.9. The highest BCUT2D eigenvalue weighted by Crippen LogP contribution is 2.12. The third-order valence-corrected chi connectivity index (χ3v) is 2.49. The Balaban J connectivity index is 2.71. The monoisotopic (exact) mass is 230 g/mol. The van der Waals surface area contributed by atoms with Crippen LogP contribution in [0.3, 0.4) is 0 Å². The number of imidazole rings is 1. The number of H-pyrrole nitrogens is 1.